The first-order valence-corrected chi connectivity index (χ1v) is 8.06. The van der Waals surface area contributed by atoms with Crippen LogP contribution in [0.3, 0.4) is 0 Å². The van der Waals surface area contributed by atoms with Gasteiger partial charge in [0.1, 0.15) is 5.75 Å². The summed E-state index contributed by atoms with van der Waals surface area (Å²) >= 11 is 6.09. The molecule has 142 valence electrons. The highest BCUT2D eigenvalue weighted by Crippen LogP contribution is 2.35. The monoisotopic (exact) mass is 391 g/mol. The largest absolute Gasteiger partial charge is 0.495 e. The number of hydrogen-bond donors (Lipinski definition) is 2. The van der Waals surface area contributed by atoms with Crippen molar-refractivity contribution in [1.82, 2.24) is 5.43 Å². The van der Waals surface area contributed by atoms with Gasteiger partial charge in [0.25, 0.3) is 0 Å². The van der Waals surface area contributed by atoms with Crippen molar-refractivity contribution in [3.63, 3.8) is 0 Å². The zero-order chi connectivity index (χ0) is 19.8. The quantitative estimate of drug-likeness (QED) is 0.447. The fourth-order valence-corrected chi connectivity index (χ4v) is 2.45. The normalized spacial score (nSPS) is 10.4. The molecule has 0 aliphatic heterocycles. The third-order valence-electron chi connectivity index (χ3n) is 3.40. The number of ether oxygens (including phenoxy) is 3. The van der Waals surface area contributed by atoms with E-state index in [4.69, 9.17) is 25.8 Å². The lowest BCUT2D eigenvalue weighted by Gasteiger charge is -2.10. The lowest BCUT2D eigenvalue weighted by atomic mass is 10.2. The van der Waals surface area contributed by atoms with Gasteiger partial charge in [0.2, 0.25) is 0 Å². The highest BCUT2D eigenvalue weighted by atomic mass is 35.5. The van der Waals surface area contributed by atoms with Crippen LogP contribution in [0, 0.1) is 0 Å². The van der Waals surface area contributed by atoms with E-state index in [2.05, 4.69) is 15.8 Å². The van der Waals surface area contributed by atoms with Crippen molar-refractivity contribution in [3.8, 4) is 17.2 Å². The van der Waals surface area contributed by atoms with E-state index in [-0.39, 0.29) is 0 Å². The summed E-state index contributed by atoms with van der Waals surface area (Å²) in [6.07, 6.45) is 1.32. The molecule has 0 bridgehead atoms. The lowest BCUT2D eigenvalue weighted by molar-refractivity contribution is -0.136. The van der Waals surface area contributed by atoms with Gasteiger partial charge in [-0.15, -0.1) is 0 Å². The summed E-state index contributed by atoms with van der Waals surface area (Å²) in [6.45, 7) is 0. The fraction of sp³-hybridized carbons (Fsp3) is 0.167. The minimum atomic E-state index is -0.941. The minimum absolute atomic E-state index is 0.318. The molecule has 0 unspecified atom stereocenters. The SMILES string of the molecule is COc1ccccc1NC(=O)C(=O)N/N=C\c1cc(Cl)c(OC)c(OC)c1. The summed E-state index contributed by atoms with van der Waals surface area (Å²) in [5.74, 6) is -0.601. The molecule has 0 heterocycles. The second-order valence-electron chi connectivity index (χ2n) is 5.09. The van der Waals surface area contributed by atoms with Crippen molar-refractivity contribution in [1.29, 1.82) is 0 Å². The maximum Gasteiger partial charge on any atom is 0.329 e. The summed E-state index contributed by atoms with van der Waals surface area (Å²) in [5.41, 5.74) is 3.05. The molecule has 2 amide bonds. The molecule has 8 nitrogen and oxygen atoms in total. The topological polar surface area (TPSA) is 98.2 Å². The van der Waals surface area contributed by atoms with Crippen LogP contribution in [-0.4, -0.2) is 39.4 Å². The number of methoxy groups -OCH3 is 3. The van der Waals surface area contributed by atoms with E-state index in [9.17, 15) is 9.59 Å². The first kappa shape index (κ1) is 20.1. The molecule has 0 spiro atoms. The molecular formula is C18H18ClN3O5. The molecule has 0 aliphatic rings. The molecule has 2 N–H and O–H groups in total. The van der Waals surface area contributed by atoms with Gasteiger partial charge in [-0.05, 0) is 29.8 Å². The van der Waals surface area contributed by atoms with E-state index in [0.717, 1.165) is 0 Å². The Balaban J connectivity index is 2.02. The Morgan fingerprint density at radius 1 is 1.00 bits per heavy atom. The number of amides is 2. The van der Waals surface area contributed by atoms with E-state index in [0.29, 0.717) is 33.5 Å². The van der Waals surface area contributed by atoms with E-state index >= 15 is 0 Å². The molecule has 0 aromatic heterocycles. The minimum Gasteiger partial charge on any atom is -0.495 e. The zero-order valence-corrected chi connectivity index (χ0v) is 15.7. The average Bonchev–Trinajstić information content (AvgIpc) is 2.67. The number of nitrogens with one attached hydrogen (secondary N) is 2. The van der Waals surface area contributed by atoms with Crippen molar-refractivity contribution in [2.45, 2.75) is 0 Å². The van der Waals surface area contributed by atoms with Gasteiger partial charge < -0.3 is 19.5 Å². The molecule has 0 fully saturated rings. The number of para-hydroxylation sites is 2. The van der Waals surface area contributed by atoms with Crippen LogP contribution in [0.5, 0.6) is 17.2 Å². The Labute approximate surface area is 161 Å². The summed E-state index contributed by atoms with van der Waals surface area (Å²) < 4.78 is 15.4. The van der Waals surface area contributed by atoms with Gasteiger partial charge in [-0.25, -0.2) is 5.43 Å². The summed E-state index contributed by atoms with van der Waals surface area (Å²) in [4.78, 5) is 23.8. The average molecular weight is 392 g/mol. The van der Waals surface area contributed by atoms with Gasteiger partial charge in [0, 0.05) is 0 Å². The number of hydrogen-bond acceptors (Lipinski definition) is 6. The van der Waals surface area contributed by atoms with Crippen molar-refractivity contribution >= 4 is 35.3 Å². The maximum atomic E-state index is 12.0. The van der Waals surface area contributed by atoms with Crippen LogP contribution in [0.1, 0.15) is 5.56 Å². The first-order chi connectivity index (χ1) is 13.0. The third kappa shape index (κ3) is 5.11. The Bertz CT molecular complexity index is 870. The highest BCUT2D eigenvalue weighted by molar-refractivity contribution is 6.39. The Kier molecular flexibility index (Phi) is 7.01. The number of nitrogens with zero attached hydrogens (tertiary/aromatic N) is 1. The smallest absolute Gasteiger partial charge is 0.329 e. The molecule has 2 rings (SSSR count). The molecule has 0 saturated heterocycles. The molecule has 0 saturated carbocycles. The highest BCUT2D eigenvalue weighted by Gasteiger charge is 2.15. The predicted molar refractivity (Wildman–Crippen MR) is 102 cm³/mol. The Morgan fingerprint density at radius 3 is 2.37 bits per heavy atom. The molecule has 27 heavy (non-hydrogen) atoms. The Morgan fingerprint density at radius 2 is 1.70 bits per heavy atom. The summed E-state index contributed by atoms with van der Waals surface area (Å²) in [7, 11) is 4.40. The summed E-state index contributed by atoms with van der Waals surface area (Å²) in [5, 5.41) is 6.51. The number of benzene rings is 2. The van der Waals surface area contributed by atoms with E-state index < -0.39 is 11.8 Å². The number of hydrazone groups is 1. The van der Waals surface area contributed by atoms with E-state index in [1.165, 1.54) is 27.5 Å². The number of halogens is 1. The van der Waals surface area contributed by atoms with E-state index in [1.807, 2.05) is 0 Å². The second kappa shape index (κ2) is 9.44. The van der Waals surface area contributed by atoms with Gasteiger partial charge in [0.05, 0.1) is 38.3 Å². The molecule has 0 aliphatic carbocycles. The number of carbonyl (C=O) groups excluding carboxylic acids is 2. The van der Waals surface area contributed by atoms with Gasteiger partial charge in [0.15, 0.2) is 11.5 Å². The van der Waals surface area contributed by atoms with Crippen LogP contribution in [0.4, 0.5) is 5.69 Å². The maximum absolute atomic E-state index is 12.0. The predicted octanol–water partition coefficient (Wildman–Crippen LogP) is 2.45. The Hall–Kier alpha value is -3.26. The molecule has 2 aromatic carbocycles. The zero-order valence-electron chi connectivity index (χ0n) is 14.9. The van der Waals surface area contributed by atoms with Crippen LogP contribution >= 0.6 is 11.6 Å². The van der Waals surface area contributed by atoms with Crippen LogP contribution in [-0.2, 0) is 9.59 Å². The number of rotatable bonds is 6. The van der Waals surface area contributed by atoms with Crippen LogP contribution in [0.2, 0.25) is 5.02 Å². The van der Waals surface area contributed by atoms with Crippen LogP contribution < -0.4 is 25.0 Å². The number of carbonyl (C=O) groups is 2. The van der Waals surface area contributed by atoms with Crippen molar-refractivity contribution in [3.05, 3.63) is 47.0 Å². The van der Waals surface area contributed by atoms with Gasteiger partial charge in [-0.1, -0.05) is 23.7 Å². The third-order valence-corrected chi connectivity index (χ3v) is 3.68. The van der Waals surface area contributed by atoms with Gasteiger partial charge in [-0.2, -0.15) is 5.10 Å². The number of anilines is 1. The van der Waals surface area contributed by atoms with Crippen molar-refractivity contribution < 1.29 is 23.8 Å². The van der Waals surface area contributed by atoms with Crippen LogP contribution in [0.25, 0.3) is 0 Å². The fourth-order valence-electron chi connectivity index (χ4n) is 2.16. The summed E-state index contributed by atoms with van der Waals surface area (Å²) in [6, 6.07) is 9.91. The second-order valence-corrected chi connectivity index (χ2v) is 5.50. The lowest BCUT2D eigenvalue weighted by Crippen LogP contribution is -2.32. The van der Waals surface area contributed by atoms with Crippen LogP contribution in [0.15, 0.2) is 41.5 Å². The molecule has 2 aromatic rings. The molecule has 0 atom stereocenters. The van der Waals surface area contributed by atoms with E-state index in [1.54, 1.807) is 36.4 Å². The molecule has 0 radical (unpaired) electrons. The van der Waals surface area contributed by atoms with Crippen molar-refractivity contribution in [2.24, 2.45) is 5.10 Å². The van der Waals surface area contributed by atoms with Gasteiger partial charge >= 0.3 is 11.8 Å². The van der Waals surface area contributed by atoms with Crippen molar-refractivity contribution in [2.75, 3.05) is 26.6 Å². The first-order valence-electron chi connectivity index (χ1n) is 7.69. The standard InChI is InChI=1S/C18H18ClN3O5/c1-25-14-7-5-4-6-13(14)21-17(23)18(24)22-20-10-11-8-12(19)16(27-3)15(9-11)26-2/h4-10H,1-3H3,(H,21,23)(H,22,24)/b20-10-. The molecule has 9 heteroatoms. The molecular weight excluding hydrogens is 374 g/mol. The van der Waals surface area contributed by atoms with Gasteiger partial charge in [-0.3, -0.25) is 9.59 Å².